The molecule has 4 heteroatoms. The van der Waals surface area contributed by atoms with Crippen LogP contribution in [-0.2, 0) is 19.7 Å². The molecule has 0 heterocycles. The fourth-order valence-electron chi connectivity index (χ4n) is 1.60. The molecule has 0 fully saturated rings. The largest absolute Gasteiger partial charge is 0.466 e. The van der Waals surface area contributed by atoms with Gasteiger partial charge in [0.05, 0.1) is 6.61 Å². The van der Waals surface area contributed by atoms with Crippen molar-refractivity contribution in [2.24, 2.45) is 0 Å². The quantitative estimate of drug-likeness (QED) is 0.619. The average molecular weight is 313 g/mol. The van der Waals surface area contributed by atoms with E-state index in [4.69, 9.17) is 4.74 Å². The predicted octanol–water partition coefficient (Wildman–Crippen LogP) is 3.25. The number of carbonyl (C=O) groups is 2. The summed E-state index contributed by atoms with van der Waals surface area (Å²) in [4.78, 5) is 23.5. The van der Waals surface area contributed by atoms with Crippen molar-refractivity contribution in [1.82, 2.24) is 0 Å². The van der Waals surface area contributed by atoms with E-state index >= 15 is 0 Å². The van der Waals surface area contributed by atoms with Crippen LogP contribution in [0.15, 0.2) is 28.7 Å². The Morgan fingerprint density at radius 2 is 2.00 bits per heavy atom. The second-order valence-electron chi connectivity index (χ2n) is 4.54. The minimum absolute atomic E-state index is 0.140. The molecule has 0 aliphatic heterocycles. The highest BCUT2D eigenvalue weighted by atomic mass is 79.9. The lowest BCUT2D eigenvalue weighted by atomic mass is 9.79. The summed E-state index contributed by atoms with van der Waals surface area (Å²) in [6, 6.07) is 7.55. The van der Waals surface area contributed by atoms with Gasteiger partial charge in [-0.1, -0.05) is 28.1 Å². The van der Waals surface area contributed by atoms with Crippen LogP contribution in [0.3, 0.4) is 0 Å². The van der Waals surface area contributed by atoms with Crippen molar-refractivity contribution in [2.75, 3.05) is 6.61 Å². The number of ketones is 1. The third kappa shape index (κ3) is 3.67. The number of ether oxygens (including phenoxy) is 1. The van der Waals surface area contributed by atoms with E-state index in [1.807, 2.05) is 38.1 Å². The lowest BCUT2D eigenvalue weighted by molar-refractivity contribution is -0.146. The average Bonchev–Trinajstić information content (AvgIpc) is 2.29. The molecule has 0 spiro atoms. The number of benzene rings is 1. The van der Waals surface area contributed by atoms with Gasteiger partial charge in [0, 0.05) is 9.89 Å². The second kappa shape index (κ2) is 6.14. The van der Waals surface area contributed by atoms with E-state index in [2.05, 4.69) is 15.9 Å². The molecule has 0 saturated heterocycles. The van der Waals surface area contributed by atoms with E-state index in [1.54, 1.807) is 6.92 Å². The first kappa shape index (κ1) is 14.9. The topological polar surface area (TPSA) is 43.4 Å². The zero-order valence-corrected chi connectivity index (χ0v) is 12.4. The Labute approximate surface area is 116 Å². The van der Waals surface area contributed by atoms with E-state index < -0.39 is 11.4 Å². The molecule has 1 aromatic rings. The van der Waals surface area contributed by atoms with Crippen LogP contribution in [0.25, 0.3) is 0 Å². The number of Topliss-reactive ketones (excluding diaryl/α,β-unsaturated/α-hetero) is 1. The third-order valence-electron chi connectivity index (χ3n) is 2.85. The van der Waals surface area contributed by atoms with Crippen molar-refractivity contribution in [3.63, 3.8) is 0 Å². The molecule has 0 radical (unpaired) electrons. The van der Waals surface area contributed by atoms with Crippen molar-refractivity contribution in [1.29, 1.82) is 0 Å². The lowest BCUT2D eigenvalue weighted by Gasteiger charge is -2.23. The van der Waals surface area contributed by atoms with Gasteiger partial charge in [-0.2, -0.15) is 0 Å². The maximum Gasteiger partial charge on any atom is 0.313 e. The fourth-order valence-corrected chi connectivity index (χ4v) is 2.00. The van der Waals surface area contributed by atoms with E-state index in [0.717, 1.165) is 10.0 Å². The predicted molar refractivity (Wildman–Crippen MR) is 73.4 cm³/mol. The standard InChI is InChI=1S/C14H17BrO3/c1-4-18-13(17)9-12(16)14(2,3)10-6-5-7-11(15)8-10/h5-8H,4,9H2,1-3H3. The van der Waals surface area contributed by atoms with Crippen LogP contribution in [0, 0.1) is 0 Å². The SMILES string of the molecule is CCOC(=O)CC(=O)C(C)(C)c1cccc(Br)c1. The van der Waals surface area contributed by atoms with Gasteiger partial charge in [0.2, 0.25) is 0 Å². The maximum atomic E-state index is 12.1. The van der Waals surface area contributed by atoms with Crippen molar-refractivity contribution in [3.05, 3.63) is 34.3 Å². The summed E-state index contributed by atoms with van der Waals surface area (Å²) in [5, 5.41) is 0. The van der Waals surface area contributed by atoms with Crippen LogP contribution < -0.4 is 0 Å². The molecule has 0 aromatic heterocycles. The van der Waals surface area contributed by atoms with E-state index in [9.17, 15) is 9.59 Å². The first-order valence-corrected chi connectivity index (χ1v) is 6.62. The Morgan fingerprint density at radius 1 is 1.33 bits per heavy atom. The number of rotatable bonds is 5. The number of esters is 1. The minimum Gasteiger partial charge on any atom is -0.466 e. The Kier molecular flexibility index (Phi) is 5.08. The fraction of sp³-hybridized carbons (Fsp3) is 0.429. The molecule has 1 aromatic carbocycles. The van der Waals surface area contributed by atoms with Crippen molar-refractivity contribution >= 4 is 27.7 Å². The van der Waals surface area contributed by atoms with Crippen molar-refractivity contribution in [3.8, 4) is 0 Å². The molecular weight excluding hydrogens is 296 g/mol. The van der Waals surface area contributed by atoms with Crippen LogP contribution in [0.1, 0.15) is 32.8 Å². The van der Waals surface area contributed by atoms with Gasteiger partial charge in [0.15, 0.2) is 5.78 Å². The Morgan fingerprint density at radius 3 is 2.56 bits per heavy atom. The Balaban J connectivity index is 2.86. The van der Waals surface area contributed by atoms with E-state index in [-0.39, 0.29) is 12.2 Å². The summed E-state index contributed by atoms with van der Waals surface area (Å²) in [5.41, 5.74) is 0.183. The van der Waals surface area contributed by atoms with Gasteiger partial charge >= 0.3 is 5.97 Å². The van der Waals surface area contributed by atoms with Gasteiger partial charge in [0.25, 0.3) is 0 Å². The smallest absolute Gasteiger partial charge is 0.313 e. The molecule has 0 bridgehead atoms. The van der Waals surface area contributed by atoms with E-state index in [0.29, 0.717) is 6.61 Å². The van der Waals surface area contributed by atoms with Crippen LogP contribution in [-0.4, -0.2) is 18.4 Å². The third-order valence-corrected chi connectivity index (χ3v) is 3.35. The van der Waals surface area contributed by atoms with Crippen LogP contribution in [0.4, 0.5) is 0 Å². The summed E-state index contributed by atoms with van der Waals surface area (Å²) in [6.07, 6.45) is -0.187. The van der Waals surface area contributed by atoms with E-state index in [1.165, 1.54) is 0 Å². The van der Waals surface area contributed by atoms with Gasteiger partial charge in [-0.15, -0.1) is 0 Å². The number of halogens is 1. The lowest BCUT2D eigenvalue weighted by Crippen LogP contribution is -2.31. The highest BCUT2D eigenvalue weighted by molar-refractivity contribution is 9.10. The summed E-state index contributed by atoms with van der Waals surface area (Å²) in [5.74, 6) is -0.607. The van der Waals surface area contributed by atoms with Crippen LogP contribution in [0.5, 0.6) is 0 Å². The Bertz CT molecular complexity index is 452. The van der Waals surface area contributed by atoms with Gasteiger partial charge in [0.1, 0.15) is 6.42 Å². The molecule has 0 saturated carbocycles. The highest BCUT2D eigenvalue weighted by Crippen LogP contribution is 2.27. The number of hydrogen-bond acceptors (Lipinski definition) is 3. The first-order valence-electron chi connectivity index (χ1n) is 5.83. The van der Waals surface area contributed by atoms with Crippen molar-refractivity contribution < 1.29 is 14.3 Å². The zero-order chi connectivity index (χ0) is 13.8. The molecule has 18 heavy (non-hydrogen) atoms. The highest BCUT2D eigenvalue weighted by Gasteiger charge is 2.31. The number of carbonyl (C=O) groups excluding carboxylic acids is 2. The van der Waals surface area contributed by atoms with Crippen molar-refractivity contribution in [2.45, 2.75) is 32.6 Å². The van der Waals surface area contributed by atoms with Crippen LogP contribution in [0.2, 0.25) is 0 Å². The molecule has 0 unspecified atom stereocenters. The summed E-state index contributed by atoms with van der Waals surface area (Å²) < 4.78 is 5.71. The summed E-state index contributed by atoms with van der Waals surface area (Å²) >= 11 is 3.38. The van der Waals surface area contributed by atoms with Gasteiger partial charge in [-0.05, 0) is 38.5 Å². The molecule has 3 nitrogen and oxygen atoms in total. The van der Waals surface area contributed by atoms with Gasteiger partial charge in [-0.3, -0.25) is 9.59 Å². The molecular formula is C14H17BrO3. The molecule has 0 atom stereocenters. The normalized spacial score (nSPS) is 11.1. The molecule has 0 amide bonds. The second-order valence-corrected chi connectivity index (χ2v) is 5.46. The molecule has 98 valence electrons. The molecule has 0 N–H and O–H groups in total. The van der Waals surface area contributed by atoms with Crippen LogP contribution >= 0.6 is 15.9 Å². The Hall–Kier alpha value is -1.16. The minimum atomic E-state index is -0.698. The summed E-state index contributed by atoms with van der Waals surface area (Å²) in [6.45, 7) is 5.65. The number of hydrogen-bond donors (Lipinski definition) is 0. The van der Waals surface area contributed by atoms with Gasteiger partial charge in [-0.25, -0.2) is 0 Å². The summed E-state index contributed by atoms with van der Waals surface area (Å²) in [7, 11) is 0. The zero-order valence-electron chi connectivity index (χ0n) is 10.8. The maximum absolute atomic E-state index is 12.1. The van der Waals surface area contributed by atoms with Gasteiger partial charge < -0.3 is 4.74 Å². The molecule has 0 aliphatic carbocycles. The first-order chi connectivity index (χ1) is 8.37. The molecule has 1 rings (SSSR count). The monoisotopic (exact) mass is 312 g/mol. The molecule has 0 aliphatic rings.